The highest BCUT2D eigenvalue weighted by Gasteiger charge is 2.59. The van der Waals surface area contributed by atoms with E-state index in [-0.39, 0.29) is 5.41 Å². The molecule has 1 aliphatic carbocycles. The molecule has 4 nitrogen and oxygen atoms in total. The van der Waals surface area contributed by atoms with Crippen LogP contribution in [0.2, 0.25) is 0 Å². The fourth-order valence-corrected chi connectivity index (χ4v) is 2.08. The Balaban J connectivity index is 2.41. The van der Waals surface area contributed by atoms with Crippen LogP contribution in [0, 0.1) is 21.3 Å². The third-order valence-electron chi connectivity index (χ3n) is 3.46. The number of nitro benzene ring substituents is 1. The van der Waals surface area contributed by atoms with Gasteiger partial charge < -0.3 is 5.73 Å². The zero-order chi connectivity index (χ0) is 12.1. The fraction of sp³-hybridized carbons (Fsp3) is 0.455. The SMILES string of the molecule is CC1(C)CC1(N)c1ccc([N+](=O)[O-])c(F)c1. The number of rotatable bonds is 2. The van der Waals surface area contributed by atoms with E-state index in [0.29, 0.717) is 5.56 Å². The summed E-state index contributed by atoms with van der Waals surface area (Å²) in [4.78, 5) is 9.72. The minimum atomic E-state index is -0.824. The van der Waals surface area contributed by atoms with Crippen molar-refractivity contribution in [1.82, 2.24) is 0 Å². The van der Waals surface area contributed by atoms with Gasteiger partial charge in [0.15, 0.2) is 0 Å². The highest BCUT2D eigenvalue weighted by Crippen LogP contribution is 2.60. The summed E-state index contributed by atoms with van der Waals surface area (Å²) in [6.07, 6.45) is 0.761. The van der Waals surface area contributed by atoms with Gasteiger partial charge in [0.25, 0.3) is 0 Å². The molecular formula is C11H13FN2O2. The van der Waals surface area contributed by atoms with E-state index < -0.39 is 22.0 Å². The average Bonchev–Trinajstić information content (AvgIpc) is 2.66. The molecule has 2 rings (SSSR count). The van der Waals surface area contributed by atoms with Crippen LogP contribution >= 0.6 is 0 Å². The second kappa shape index (κ2) is 3.01. The molecule has 16 heavy (non-hydrogen) atoms. The number of nitro groups is 1. The lowest BCUT2D eigenvalue weighted by Gasteiger charge is -2.15. The Morgan fingerprint density at radius 3 is 2.44 bits per heavy atom. The molecule has 0 aromatic heterocycles. The van der Waals surface area contributed by atoms with Gasteiger partial charge in [-0.25, -0.2) is 0 Å². The maximum Gasteiger partial charge on any atom is 0.304 e. The summed E-state index contributed by atoms with van der Waals surface area (Å²) in [7, 11) is 0. The number of nitrogens with zero attached hydrogens (tertiary/aromatic N) is 1. The molecule has 2 N–H and O–H groups in total. The van der Waals surface area contributed by atoms with Crippen molar-refractivity contribution in [3.8, 4) is 0 Å². The van der Waals surface area contributed by atoms with Gasteiger partial charge in [-0.2, -0.15) is 4.39 Å². The fourth-order valence-electron chi connectivity index (χ4n) is 2.08. The van der Waals surface area contributed by atoms with Gasteiger partial charge in [-0.1, -0.05) is 19.9 Å². The normalized spacial score (nSPS) is 26.5. The Hall–Kier alpha value is -1.49. The second-order valence-corrected chi connectivity index (χ2v) is 4.96. The predicted molar refractivity (Wildman–Crippen MR) is 57.3 cm³/mol. The summed E-state index contributed by atoms with van der Waals surface area (Å²) in [5.74, 6) is -0.824. The number of hydrogen-bond acceptors (Lipinski definition) is 3. The Morgan fingerprint density at radius 1 is 1.50 bits per heavy atom. The molecule has 0 spiro atoms. The van der Waals surface area contributed by atoms with Crippen LogP contribution in [0.1, 0.15) is 25.8 Å². The quantitative estimate of drug-likeness (QED) is 0.619. The van der Waals surface area contributed by atoms with Gasteiger partial charge in [0.1, 0.15) is 0 Å². The summed E-state index contributed by atoms with van der Waals surface area (Å²) >= 11 is 0. The molecule has 5 heteroatoms. The van der Waals surface area contributed by atoms with Gasteiger partial charge in [-0.15, -0.1) is 0 Å². The molecule has 1 aromatic rings. The van der Waals surface area contributed by atoms with Crippen LogP contribution in [0.4, 0.5) is 10.1 Å². The largest absolute Gasteiger partial charge is 0.321 e. The van der Waals surface area contributed by atoms with Crippen molar-refractivity contribution in [1.29, 1.82) is 0 Å². The van der Waals surface area contributed by atoms with Crippen LogP contribution in [0.25, 0.3) is 0 Å². The molecule has 0 heterocycles. The van der Waals surface area contributed by atoms with E-state index >= 15 is 0 Å². The zero-order valence-corrected chi connectivity index (χ0v) is 9.16. The number of benzene rings is 1. The van der Waals surface area contributed by atoms with Crippen molar-refractivity contribution >= 4 is 5.69 Å². The van der Waals surface area contributed by atoms with E-state index in [0.717, 1.165) is 6.42 Å². The van der Waals surface area contributed by atoms with Gasteiger partial charge in [0.05, 0.1) is 4.92 Å². The molecule has 1 aliphatic rings. The van der Waals surface area contributed by atoms with E-state index in [9.17, 15) is 14.5 Å². The van der Waals surface area contributed by atoms with Crippen molar-refractivity contribution in [3.05, 3.63) is 39.7 Å². The Kier molecular flexibility index (Phi) is 2.07. The number of halogens is 1. The lowest BCUT2D eigenvalue weighted by Crippen LogP contribution is -2.25. The third-order valence-corrected chi connectivity index (χ3v) is 3.46. The van der Waals surface area contributed by atoms with E-state index in [4.69, 9.17) is 5.73 Å². The first-order chi connectivity index (χ1) is 7.28. The molecule has 0 radical (unpaired) electrons. The second-order valence-electron chi connectivity index (χ2n) is 4.96. The van der Waals surface area contributed by atoms with Crippen molar-refractivity contribution < 1.29 is 9.31 Å². The zero-order valence-electron chi connectivity index (χ0n) is 9.16. The molecule has 86 valence electrons. The van der Waals surface area contributed by atoms with Crippen LogP contribution in [0.3, 0.4) is 0 Å². The lowest BCUT2D eigenvalue weighted by atomic mass is 9.97. The predicted octanol–water partition coefficient (Wildman–Crippen LogP) is 2.32. The molecule has 0 saturated heterocycles. The first kappa shape index (κ1) is 11.0. The first-order valence-corrected chi connectivity index (χ1v) is 5.01. The van der Waals surface area contributed by atoms with E-state index in [1.807, 2.05) is 13.8 Å². The van der Waals surface area contributed by atoms with Gasteiger partial charge in [-0.05, 0) is 23.5 Å². The molecule has 1 unspecified atom stereocenters. The summed E-state index contributed by atoms with van der Waals surface area (Å²) in [6.45, 7) is 3.98. The van der Waals surface area contributed by atoms with Crippen molar-refractivity contribution in [2.24, 2.45) is 11.1 Å². The van der Waals surface area contributed by atoms with E-state index in [1.54, 1.807) is 0 Å². The molecule has 1 saturated carbocycles. The molecular weight excluding hydrogens is 211 g/mol. The number of hydrogen-bond donors (Lipinski definition) is 1. The highest BCUT2D eigenvalue weighted by molar-refractivity contribution is 5.42. The average molecular weight is 224 g/mol. The van der Waals surface area contributed by atoms with E-state index in [1.165, 1.54) is 18.2 Å². The highest BCUT2D eigenvalue weighted by atomic mass is 19.1. The minimum absolute atomic E-state index is 0.0738. The molecule has 0 amide bonds. The third kappa shape index (κ3) is 1.39. The van der Waals surface area contributed by atoms with E-state index in [2.05, 4.69) is 0 Å². The van der Waals surface area contributed by atoms with Crippen LogP contribution < -0.4 is 5.73 Å². The van der Waals surface area contributed by atoms with Crippen LogP contribution in [0.5, 0.6) is 0 Å². The Morgan fingerprint density at radius 2 is 2.06 bits per heavy atom. The molecule has 0 aliphatic heterocycles. The molecule has 1 aromatic carbocycles. The standard InChI is InChI=1S/C11H13FN2O2/c1-10(2)6-11(10,13)7-3-4-9(14(15)16)8(12)5-7/h3-5H,6,13H2,1-2H3. The molecule has 0 bridgehead atoms. The molecule has 1 fully saturated rings. The first-order valence-electron chi connectivity index (χ1n) is 5.01. The van der Waals surface area contributed by atoms with Gasteiger partial charge >= 0.3 is 5.69 Å². The summed E-state index contributed by atoms with van der Waals surface area (Å²) < 4.78 is 13.4. The van der Waals surface area contributed by atoms with Gasteiger partial charge in [0, 0.05) is 11.6 Å². The summed E-state index contributed by atoms with van der Waals surface area (Å²) in [6, 6.07) is 3.89. The minimum Gasteiger partial charge on any atom is -0.321 e. The maximum absolute atomic E-state index is 13.4. The summed E-state index contributed by atoms with van der Waals surface area (Å²) in [5, 5.41) is 10.5. The van der Waals surface area contributed by atoms with Gasteiger partial charge in [0.2, 0.25) is 5.82 Å². The smallest absolute Gasteiger partial charge is 0.304 e. The topological polar surface area (TPSA) is 69.2 Å². The molecule has 1 atom stereocenters. The van der Waals surface area contributed by atoms with Crippen molar-refractivity contribution in [3.63, 3.8) is 0 Å². The summed E-state index contributed by atoms with van der Waals surface area (Å²) in [5.41, 5.74) is 5.59. The lowest BCUT2D eigenvalue weighted by molar-refractivity contribution is -0.387. The van der Waals surface area contributed by atoms with Gasteiger partial charge in [-0.3, -0.25) is 10.1 Å². The van der Waals surface area contributed by atoms with Crippen molar-refractivity contribution in [2.75, 3.05) is 0 Å². The van der Waals surface area contributed by atoms with Crippen LogP contribution in [-0.2, 0) is 5.54 Å². The van der Waals surface area contributed by atoms with Crippen LogP contribution in [0.15, 0.2) is 18.2 Å². The van der Waals surface area contributed by atoms with Crippen LogP contribution in [-0.4, -0.2) is 4.92 Å². The Labute approximate surface area is 92.4 Å². The monoisotopic (exact) mass is 224 g/mol. The van der Waals surface area contributed by atoms with Crippen molar-refractivity contribution in [2.45, 2.75) is 25.8 Å². The Bertz CT molecular complexity index is 473. The number of nitrogens with two attached hydrogens (primary N) is 1. The maximum atomic E-state index is 13.4.